The van der Waals surface area contributed by atoms with Crippen LogP contribution in [0.4, 0.5) is 11.6 Å². The van der Waals surface area contributed by atoms with Crippen LogP contribution in [-0.4, -0.2) is 20.7 Å². The lowest BCUT2D eigenvalue weighted by molar-refractivity contribution is -0.113. The Morgan fingerprint density at radius 1 is 0.971 bits per heavy atom. The first-order valence-electron chi connectivity index (χ1n) is 11.1. The van der Waals surface area contributed by atoms with E-state index < -0.39 is 0 Å². The number of carbonyl (C=O) groups excluding carboxylic acids is 1. The summed E-state index contributed by atoms with van der Waals surface area (Å²) in [6.07, 6.45) is 0. The van der Waals surface area contributed by atoms with Gasteiger partial charge in [-0.25, -0.2) is 4.68 Å². The number of thioether (sulfide) groups is 1. The molecule has 3 aromatic carbocycles. The third kappa shape index (κ3) is 4.61. The Balaban J connectivity index is 1.49. The van der Waals surface area contributed by atoms with E-state index in [1.165, 1.54) is 5.56 Å². The number of hydrogen-bond acceptors (Lipinski definition) is 5. The van der Waals surface area contributed by atoms with E-state index in [4.69, 9.17) is 10.1 Å². The minimum absolute atomic E-state index is 0.165. The molecule has 1 aliphatic rings. The predicted octanol–water partition coefficient (Wildman–Crippen LogP) is 5.81. The van der Waals surface area contributed by atoms with Gasteiger partial charge in [-0.15, -0.1) is 5.10 Å². The molecule has 0 saturated heterocycles. The van der Waals surface area contributed by atoms with Crippen LogP contribution >= 0.6 is 11.8 Å². The molecule has 170 valence electrons. The molecule has 1 aliphatic heterocycles. The van der Waals surface area contributed by atoms with Gasteiger partial charge in [0, 0.05) is 17.1 Å². The van der Waals surface area contributed by atoms with Crippen LogP contribution in [0.5, 0.6) is 0 Å². The normalized spacial score (nSPS) is 14.9. The minimum Gasteiger partial charge on any atom is -0.328 e. The van der Waals surface area contributed by atoms with Crippen molar-refractivity contribution in [3.05, 3.63) is 113 Å². The Morgan fingerprint density at radius 3 is 2.35 bits per heavy atom. The second kappa shape index (κ2) is 9.57. The number of amides is 1. The molecule has 5 rings (SSSR count). The van der Waals surface area contributed by atoms with Gasteiger partial charge in [0.1, 0.15) is 6.04 Å². The quantitative estimate of drug-likeness (QED) is 0.350. The lowest BCUT2D eigenvalue weighted by Crippen LogP contribution is -2.31. The van der Waals surface area contributed by atoms with Gasteiger partial charge >= 0.3 is 0 Å². The third-order valence-electron chi connectivity index (χ3n) is 5.71. The topological polar surface area (TPSA) is 71.8 Å². The van der Waals surface area contributed by atoms with Crippen LogP contribution in [0.3, 0.4) is 0 Å². The van der Waals surface area contributed by atoms with Crippen molar-refractivity contribution in [1.82, 2.24) is 14.8 Å². The Bertz CT molecular complexity index is 1330. The average Bonchev–Trinajstić information content (AvgIpc) is 3.26. The molecule has 2 N–H and O–H groups in total. The minimum atomic E-state index is -0.390. The SMILES string of the molecule is CC1=C(C(=O)Nc2ccccc2)C(c2ccc(C)cc2)n2nc(SCc3ccccc3)nc2N1. The van der Waals surface area contributed by atoms with Crippen molar-refractivity contribution < 1.29 is 4.79 Å². The maximum absolute atomic E-state index is 13.5. The molecule has 0 aliphatic carbocycles. The zero-order valence-corrected chi connectivity index (χ0v) is 19.8. The van der Waals surface area contributed by atoms with Crippen LogP contribution < -0.4 is 10.6 Å². The standard InChI is InChI=1S/C27H25N5OS/c1-18-13-15-21(16-14-18)24-23(25(33)29-22-11-7-4-8-12-22)19(2)28-26-30-27(31-32(24)26)34-17-20-9-5-3-6-10-20/h3-16,24H,17H2,1-2H3,(H,29,33)(H,28,30,31). The Morgan fingerprint density at radius 2 is 1.65 bits per heavy atom. The van der Waals surface area contributed by atoms with Gasteiger partial charge in [0.2, 0.25) is 11.1 Å². The van der Waals surface area contributed by atoms with Crippen LogP contribution in [0.1, 0.15) is 29.7 Å². The van der Waals surface area contributed by atoms with Crippen molar-refractivity contribution in [1.29, 1.82) is 0 Å². The smallest absolute Gasteiger partial charge is 0.255 e. The van der Waals surface area contributed by atoms with E-state index in [2.05, 4.69) is 54.0 Å². The van der Waals surface area contributed by atoms with Crippen molar-refractivity contribution in [3.63, 3.8) is 0 Å². The van der Waals surface area contributed by atoms with Gasteiger partial charge in [0.15, 0.2) is 0 Å². The lowest BCUT2D eigenvalue weighted by atomic mass is 9.94. The zero-order chi connectivity index (χ0) is 23.5. The number of rotatable bonds is 6. The molecule has 0 radical (unpaired) electrons. The van der Waals surface area contributed by atoms with Crippen LogP contribution in [-0.2, 0) is 10.5 Å². The highest BCUT2D eigenvalue weighted by Gasteiger charge is 2.34. The summed E-state index contributed by atoms with van der Waals surface area (Å²) in [5, 5.41) is 11.8. The van der Waals surface area contributed by atoms with Crippen molar-refractivity contribution in [3.8, 4) is 0 Å². The lowest BCUT2D eigenvalue weighted by Gasteiger charge is -2.28. The van der Waals surface area contributed by atoms with Crippen LogP contribution in [0.2, 0.25) is 0 Å². The fourth-order valence-electron chi connectivity index (χ4n) is 3.99. The van der Waals surface area contributed by atoms with Crippen molar-refractivity contribution in [2.45, 2.75) is 30.8 Å². The number of hydrogen-bond donors (Lipinski definition) is 2. The van der Waals surface area contributed by atoms with Gasteiger partial charge in [-0.05, 0) is 37.1 Å². The molecule has 2 heterocycles. The average molecular weight is 468 g/mol. The van der Waals surface area contributed by atoms with Gasteiger partial charge in [0.05, 0.1) is 5.57 Å². The van der Waals surface area contributed by atoms with Crippen molar-refractivity contribution in [2.75, 3.05) is 10.6 Å². The van der Waals surface area contributed by atoms with Gasteiger partial charge in [-0.3, -0.25) is 4.79 Å². The summed E-state index contributed by atoms with van der Waals surface area (Å²) in [4.78, 5) is 18.2. The molecule has 1 amide bonds. The van der Waals surface area contributed by atoms with Crippen LogP contribution in [0.15, 0.2) is 101 Å². The molecule has 0 saturated carbocycles. The summed E-state index contributed by atoms with van der Waals surface area (Å²) in [6.45, 7) is 3.96. The molecule has 1 unspecified atom stereocenters. The number of anilines is 2. The van der Waals surface area contributed by atoms with Gasteiger partial charge < -0.3 is 10.6 Å². The highest BCUT2D eigenvalue weighted by atomic mass is 32.2. The highest BCUT2D eigenvalue weighted by Crippen LogP contribution is 2.37. The van der Waals surface area contributed by atoms with Crippen LogP contribution in [0, 0.1) is 6.92 Å². The summed E-state index contributed by atoms with van der Waals surface area (Å²) in [5.41, 5.74) is 5.48. The largest absolute Gasteiger partial charge is 0.328 e. The number of nitrogens with zero attached hydrogens (tertiary/aromatic N) is 3. The second-order valence-corrected chi connectivity index (χ2v) is 9.18. The summed E-state index contributed by atoms with van der Waals surface area (Å²) < 4.78 is 1.82. The van der Waals surface area contributed by atoms with Gasteiger partial charge in [0.25, 0.3) is 5.91 Å². The molecule has 0 fully saturated rings. The second-order valence-electron chi connectivity index (χ2n) is 8.23. The van der Waals surface area contributed by atoms with E-state index in [-0.39, 0.29) is 11.9 Å². The molecule has 1 atom stereocenters. The van der Waals surface area contributed by atoms with E-state index >= 15 is 0 Å². The number of nitrogens with one attached hydrogen (secondary N) is 2. The Kier molecular flexibility index (Phi) is 6.18. The molecule has 6 nitrogen and oxygen atoms in total. The summed E-state index contributed by atoms with van der Waals surface area (Å²) in [5.74, 6) is 1.24. The first-order chi connectivity index (χ1) is 16.6. The van der Waals surface area contributed by atoms with E-state index in [0.29, 0.717) is 16.7 Å². The molecule has 7 heteroatoms. The summed E-state index contributed by atoms with van der Waals surface area (Å²) in [6, 6.07) is 27.6. The molecule has 34 heavy (non-hydrogen) atoms. The molecular formula is C27H25N5OS. The zero-order valence-electron chi connectivity index (χ0n) is 19.0. The first-order valence-corrected chi connectivity index (χ1v) is 12.1. The van der Waals surface area contributed by atoms with Gasteiger partial charge in [-0.2, -0.15) is 4.98 Å². The van der Waals surface area contributed by atoms with E-state index in [1.54, 1.807) is 11.8 Å². The Hall–Kier alpha value is -3.84. The highest BCUT2D eigenvalue weighted by molar-refractivity contribution is 7.98. The van der Waals surface area contributed by atoms with Crippen LogP contribution in [0.25, 0.3) is 0 Å². The number of aryl methyl sites for hydroxylation is 1. The molecular weight excluding hydrogens is 442 g/mol. The fourth-order valence-corrected chi connectivity index (χ4v) is 4.77. The number of benzene rings is 3. The number of para-hydroxylation sites is 1. The van der Waals surface area contributed by atoms with E-state index in [1.807, 2.05) is 60.1 Å². The maximum Gasteiger partial charge on any atom is 0.255 e. The molecule has 0 spiro atoms. The van der Waals surface area contributed by atoms with Gasteiger partial charge in [-0.1, -0.05) is 90.1 Å². The monoisotopic (exact) mass is 467 g/mol. The van der Waals surface area contributed by atoms with Crippen molar-refractivity contribution in [2.24, 2.45) is 0 Å². The molecule has 1 aromatic heterocycles. The predicted molar refractivity (Wildman–Crippen MR) is 137 cm³/mol. The first kappa shape index (κ1) is 22.0. The number of aromatic nitrogens is 3. The third-order valence-corrected chi connectivity index (χ3v) is 6.62. The number of carbonyl (C=O) groups is 1. The molecule has 0 bridgehead atoms. The summed E-state index contributed by atoms with van der Waals surface area (Å²) in [7, 11) is 0. The molecule has 4 aromatic rings. The fraction of sp³-hybridized carbons (Fsp3) is 0.148. The van der Waals surface area contributed by atoms with E-state index in [0.717, 1.165) is 28.3 Å². The number of fused-ring (bicyclic) bond motifs is 1. The van der Waals surface area contributed by atoms with E-state index in [9.17, 15) is 4.79 Å². The summed E-state index contributed by atoms with van der Waals surface area (Å²) >= 11 is 1.58. The van der Waals surface area contributed by atoms with Crippen molar-refractivity contribution >= 4 is 29.3 Å². The maximum atomic E-state index is 13.5. The number of allylic oxidation sites excluding steroid dienone is 1. The Labute approximate surface area is 203 Å².